The van der Waals surface area contributed by atoms with Gasteiger partial charge in [-0.1, -0.05) is 18.3 Å². The lowest BCUT2D eigenvalue weighted by molar-refractivity contribution is 0.508. The second kappa shape index (κ2) is 5.77. The van der Waals surface area contributed by atoms with Crippen LogP contribution in [0, 0.1) is 25.5 Å². The Morgan fingerprint density at radius 1 is 1.05 bits per heavy atom. The molecule has 110 valence electrons. The van der Waals surface area contributed by atoms with E-state index in [1.165, 1.54) is 12.1 Å². The summed E-state index contributed by atoms with van der Waals surface area (Å²) in [4.78, 5) is 1.44. The van der Waals surface area contributed by atoms with E-state index in [9.17, 15) is 8.78 Å². The van der Waals surface area contributed by atoms with Crippen molar-refractivity contribution in [2.24, 2.45) is 5.73 Å². The minimum absolute atomic E-state index is 0.0833. The molecule has 0 aromatic heterocycles. The van der Waals surface area contributed by atoms with Crippen LogP contribution >= 0.6 is 12.2 Å². The summed E-state index contributed by atoms with van der Waals surface area (Å²) in [5.41, 5.74) is 8.32. The highest BCUT2D eigenvalue weighted by molar-refractivity contribution is 7.80. The van der Waals surface area contributed by atoms with E-state index in [0.29, 0.717) is 0 Å². The molecule has 0 atom stereocenters. The van der Waals surface area contributed by atoms with Crippen LogP contribution in [0.5, 0.6) is 0 Å². The summed E-state index contributed by atoms with van der Waals surface area (Å²) in [6.07, 6.45) is 0. The van der Waals surface area contributed by atoms with Crippen molar-refractivity contribution in [3.05, 3.63) is 58.7 Å². The Labute approximate surface area is 128 Å². The van der Waals surface area contributed by atoms with Gasteiger partial charge >= 0.3 is 0 Å². The Balaban J connectivity index is 2.51. The largest absolute Gasteiger partial charge is 0.389 e. The summed E-state index contributed by atoms with van der Waals surface area (Å²) < 4.78 is 28.2. The summed E-state index contributed by atoms with van der Waals surface area (Å²) in [6.45, 7) is 3.91. The van der Waals surface area contributed by atoms with E-state index < -0.39 is 11.6 Å². The van der Waals surface area contributed by atoms with Crippen molar-refractivity contribution in [2.45, 2.75) is 13.8 Å². The van der Waals surface area contributed by atoms with E-state index in [1.54, 1.807) is 11.9 Å². The van der Waals surface area contributed by atoms with Crippen molar-refractivity contribution in [2.75, 3.05) is 11.9 Å². The van der Waals surface area contributed by atoms with Crippen molar-refractivity contribution < 1.29 is 8.78 Å². The molecular weight excluding hydrogens is 290 g/mol. The van der Waals surface area contributed by atoms with Crippen molar-refractivity contribution in [3.63, 3.8) is 0 Å². The molecule has 5 heteroatoms. The van der Waals surface area contributed by atoms with E-state index in [-0.39, 0.29) is 16.2 Å². The van der Waals surface area contributed by atoms with Crippen molar-refractivity contribution in [1.29, 1.82) is 0 Å². The number of hydrogen-bond donors (Lipinski definition) is 1. The summed E-state index contributed by atoms with van der Waals surface area (Å²) in [7, 11) is 1.69. The Hall–Kier alpha value is -2.01. The average molecular weight is 306 g/mol. The van der Waals surface area contributed by atoms with Gasteiger partial charge in [0.15, 0.2) is 11.6 Å². The lowest BCUT2D eigenvalue weighted by Crippen LogP contribution is -2.16. The SMILES string of the molecule is Cc1cc(C)cc(N(C)c2ccc(C(N)=S)c(F)c2F)c1. The molecule has 0 unspecified atom stereocenters. The monoisotopic (exact) mass is 306 g/mol. The van der Waals surface area contributed by atoms with E-state index in [4.69, 9.17) is 18.0 Å². The Morgan fingerprint density at radius 2 is 1.62 bits per heavy atom. The van der Waals surface area contributed by atoms with Crippen LogP contribution in [0.3, 0.4) is 0 Å². The van der Waals surface area contributed by atoms with Crippen molar-refractivity contribution in [3.8, 4) is 0 Å². The second-order valence-corrected chi connectivity index (χ2v) is 5.47. The first-order valence-corrected chi connectivity index (χ1v) is 6.82. The maximum absolute atomic E-state index is 14.2. The molecule has 2 nitrogen and oxygen atoms in total. The van der Waals surface area contributed by atoms with E-state index >= 15 is 0 Å². The molecule has 0 fully saturated rings. The van der Waals surface area contributed by atoms with Gasteiger partial charge in [-0.05, 0) is 49.2 Å². The van der Waals surface area contributed by atoms with E-state index in [1.807, 2.05) is 32.0 Å². The van der Waals surface area contributed by atoms with Crippen LogP contribution in [-0.4, -0.2) is 12.0 Å². The van der Waals surface area contributed by atoms with Gasteiger partial charge in [0.2, 0.25) is 0 Å². The molecule has 0 aliphatic heterocycles. The molecule has 0 heterocycles. The van der Waals surface area contributed by atoms with E-state index in [2.05, 4.69) is 0 Å². The van der Waals surface area contributed by atoms with Gasteiger partial charge in [0.1, 0.15) is 4.99 Å². The van der Waals surface area contributed by atoms with Crippen LogP contribution in [-0.2, 0) is 0 Å². The fourth-order valence-corrected chi connectivity index (χ4v) is 2.43. The zero-order chi connectivity index (χ0) is 15.7. The highest BCUT2D eigenvalue weighted by Gasteiger charge is 2.18. The number of rotatable bonds is 3. The average Bonchev–Trinajstić information content (AvgIpc) is 2.39. The van der Waals surface area contributed by atoms with Gasteiger partial charge in [-0.3, -0.25) is 0 Å². The van der Waals surface area contributed by atoms with Crippen molar-refractivity contribution >= 4 is 28.6 Å². The minimum atomic E-state index is -1.02. The predicted molar refractivity (Wildman–Crippen MR) is 86.2 cm³/mol. The molecule has 2 aromatic rings. The van der Waals surface area contributed by atoms with Gasteiger partial charge in [-0.2, -0.15) is 0 Å². The number of anilines is 2. The molecule has 0 amide bonds. The van der Waals surface area contributed by atoms with Gasteiger partial charge in [0, 0.05) is 18.3 Å². The molecule has 0 bridgehead atoms. The third kappa shape index (κ3) is 3.03. The lowest BCUT2D eigenvalue weighted by atomic mass is 10.1. The normalized spacial score (nSPS) is 10.5. The van der Waals surface area contributed by atoms with Crippen LogP contribution in [0.4, 0.5) is 20.2 Å². The molecule has 0 aliphatic carbocycles. The molecular formula is C16H16F2N2S. The first-order valence-electron chi connectivity index (χ1n) is 6.41. The Morgan fingerprint density at radius 3 is 2.14 bits per heavy atom. The number of thiocarbonyl (C=S) groups is 1. The molecule has 2 aromatic carbocycles. The first kappa shape index (κ1) is 15.4. The number of nitrogens with two attached hydrogens (primary N) is 1. The van der Waals surface area contributed by atoms with Crippen LogP contribution in [0.15, 0.2) is 30.3 Å². The standard InChI is InChI=1S/C16H16F2N2S/c1-9-6-10(2)8-11(7-9)20(3)13-5-4-12(16(19)21)14(17)15(13)18/h4-8H,1-3H3,(H2,19,21). The number of aryl methyl sites for hydroxylation is 2. The summed E-state index contributed by atoms with van der Waals surface area (Å²) >= 11 is 4.70. The maximum Gasteiger partial charge on any atom is 0.183 e. The summed E-state index contributed by atoms with van der Waals surface area (Å²) in [5, 5.41) is 0. The second-order valence-electron chi connectivity index (χ2n) is 5.03. The highest BCUT2D eigenvalue weighted by Crippen LogP contribution is 2.30. The number of hydrogen-bond acceptors (Lipinski definition) is 2. The quantitative estimate of drug-likeness (QED) is 0.870. The third-order valence-corrected chi connectivity index (χ3v) is 3.50. The highest BCUT2D eigenvalue weighted by atomic mass is 32.1. The molecule has 2 N–H and O–H groups in total. The van der Waals surface area contributed by atoms with Crippen LogP contribution in [0.1, 0.15) is 16.7 Å². The van der Waals surface area contributed by atoms with Gasteiger partial charge in [-0.15, -0.1) is 0 Å². The molecule has 21 heavy (non-hydrogen) atoms. The summed E-state index contributed by atoms with van der Waals surface area (Å²) in [5.74, 6) is -1.97. The molecule has 0 saturated heterocycles. The zero-order valence-electron chi connectivity index (χ0n) is 12.1. The van der Waals surface area contributed by atoms with Gasteiger partial charge < -0.3 is 10.6 Å². The Bertz CT molecular complexity index is 693. The fraction of sp³-hybridized carbons (Fsp3) is 0.188. The van der Waals surface area contributed by atoms with Gasteiger partial charge in [0.05, 0.1) is 5.69 Å². The molecule has 0 radical (unpaired) electrons. The third-order valence-electron chi connectivity index (χ3n) is 3.28. The first-order chi connectivity index (χ1) is 9.81. The lowest BCUT2D eigenvalue weighted by Gasteiger charge is -2.22. The number of halogens is 2. The van der Waals surface area contributed by atoms with Crippen LogP contribution in [0.25, 0.3) is 0 Å². The van der Waals surface area contributed by atoms with Gasteiger partial charge in [-0.25, -0.2) is 8.78 Å². The van der Waals surface area contributed by atoms with Crippen molar-refractivity contribution in [1.82, 2.24) is 0 Å². The van der Waals surface area contributed by atoms with Crippen LogP contribution in [0.2, 0.25) is 0 Å². The number of benzene rings is 2. The van der Waals surface area contributed by atoms with Crippen LogP contribution < -0.4 is 10.6 Å². The minimum Gasteiger partial charge on any atom is -0.389 e. The molecule has 0 saturated carbocycles. The summed E-state index contributed by atoms with van der Waals surface area (Å²) in [6, 6.07) is 8.71. The Kier molecular flexibility index (Phi) is 4.23. The molecule has 0 spiro atoms. The number of nitrogens with zero attached hydrogens (tertiary/aromatic N) is 1. The molecule has 0 aliphatic rings. The maximum atomic E-state index is 14.2. The predicted octanol–water partition coefficient (Wildman–Crippen LogP) is 3.98. The topological polar surface area (TPSA) is 29.3 Å². The van der Waals surface area contributed by atoms with Gasteiger partial charge in [0.25, 0.3) is 0 Å². The smallest absolute Gasteiger partial charge is 0.183 e. The molecule has 2 rings (SSSR count). The fourth-order valence-electron chi connectivity index (χ4n) is 2.27. The van der Waals surface area contributed by atoms with E-state index in [0.717, 1.165) is 16.8 Å². The zero-order valence-corrected chi connectivity index (χ0v) is 12.9.